The fourth-order valence-corrected chi connectivity index (χ4v) is 3.48. The molecule has 1 aliphatic carbocycles. The van der Waals surface area contributed by atoms with Gasteiger partial charge in [-0.2, -0.15) is 0 Å². The smallest absolute Gasteiger partial charge is 0.266 e. The van der Waals surface area contributed by atoms with E-state index >= 15 is 0 Å². The lowest BCUT2D eigenvalue weighted by Gasteiger charge is -2.27. The van der Waals surface area contributed by atoms with Crippen LogP contribution in [0.15, 0.2) is 22.6 Å². The molecule has 0 radical (unpaired) electrons. The summed E-state index contributed by atoms with van der Waals surface area (Å²) in [5, 5.41) is 12.9. The van der Waals surface area contributed by atoms with Crippen molar-refractivity contribution in [2.75, 3.05) is 6.54 Å². The van der Waals surface area contributed by atoms with Gasteiger partial charge in [0.15, 0.2) is 5.58 Å². The molecular weight excluding hydrogens is 312 g/mol. The number of rotatable bonds is 5. The van der Waals surface area contributed by atoms with Crippen molar-refractivity contribution in [1.29, 1.82) is 0 Å². The summed E-state index contributed by atoms with van der Waals surface area (Å²) in [4.78, 5) is 15.4. The molecule has 6 heteroatoms. The lowest BCUT2D eigenvalue weighted by molar-refractivity contribution is 0.0641. The molecule has 3 rings (SSSR count). The lowest BCUT2D eigenvalue weighted by atomic mass is 9.83. The van der Waals surface area contributed by atoms with Crippen LogP contribution in [0.25, 0.3) is 11.1 Å². The Bertz CT molecular complexity index is 737. The van der Waals surface area contributed by atoms with E-state index in [1.165, 1.54) is 6.42 Å². The maximum absolute atomic E-state index is 12.2. The van der Waals surface area contributed by atoms with Crippen LogP contribution in [-0.4, -0.2) is 28.6 Å². The van der Waals surface area contributed by atoms with Crippen LogP contribution in [0.3, 0.4) is 0 Å². The molecule has 0 saturated heterocycles. The Morgan fingerprint density at radius 3 is 3.04 bits per heavy atom. The number of carbonyl (C=O) groups excluding carboxylic acids is 1. The highest BCUT2D eigenvalue weighted by Gasteiger charge is 2.22. The molecule has 1 heterocycles. The van der Waals surface area contributed by atoms with E-state index in [2.05, 4.69) is 10.3 Å². The molecule has 23 heavy (non-hydrogen) atoms. The van der Waals surface area contributed by atoms with Gasteiger partial charge in [0.1, 0.15) is 0 Å². The average Bonchev–Trinajstić information content (AvgIpc) is 2.92. The van der Waals surface area contributed by atoms with Gasteiger partial charge in [0, 0.05) is 12.1 Å². The van der Waals surface area contributed by atoms with E-state index in [1.807, 2.05) is 0 Å². The van der Waals surface area contributed by atoms with Crippen LogP contribution in [-0.2, 0) is 0 Å². The Morgan fingerprint density at radius 1 is 1.39 bits per heavy atom. The van der Waals surface area contributed by atoms with Crippen molar-refractivity contribution in [1.82, 2.24) is 10.3 Å². The summed E-state index contributed by atoms with van der Waals surface area (Å²) in [5.41, 5.74) is 1.94. The van der Waals surface area contributed by atoms with E-state index in [0.29, 0.717) is 28.4 Å². The summed E-state index contributed by atoms with van der Waals surface area (Å²) in [6.07, 6.45) is 6.05. The Labute approximate surface area is 140 Å². The third-order valence-corrected chi connectivity index (χ3v) is 4.77. The minimum absolute atomic E-state index is 0.113. The van der Waals surface area contributed by atoms with Crippen LogP contribution in [0.5, 0.6) is 0 Å². The van der Waals surface area contributed by atoms with Gasteiger partial charge in [-0.05, 0) is 62.0 Å². The van der Waals surface area contributed by atoms with Gasteiger partial charge < -0.3 is 19.8 Å². The van der Waals surface area contributed by atoms with Crippen LogP contribution in [0.4, 0.5) is 0 Å². The number of H-pyrrole nitrogens is 1. The van der Waals surface area contributed by atoms with E-state index in [1.54, 1.807) is 18.2 Å². The van der Waals surface area contributed by atoms with E-state index in [4.69, 9.17) is 16.6 Å². The second kappa shape index (κ2) is 7.27. The number of fused-ring (bicyclic) bond motifs is 1. The molecule has 0 bridgehead atoms. The number of aromatic nitrogens is 1. The van der Waals surface area contributed by atoms with Gasteiger partial charge in [0.05, 0.1) is 11.6 Å². The number of aromatic amines is 1. The number of amides is 1. The van der Waals surface area contributed by atoms with Crippen molar-refractivity contribution in [2.24, 2.45) is 5.92 Å². The van der Waals surface area contributed by atoms with Crippen molar-refractivity contribution in [2.45, 2.75) is 44.6 Å². The summed E-state index contributed by atoms with van der Waals surface area (Å²) in [6.45, 7) is 0.622. The molecule has 2 atom stereocenters. The van der Waals surface area contributed by atoms with Crippen molar-refractivity contribution in [3.05, 3.63) is 28.6 Å². The van der Waals surface area contributed by atoms with Gasteiger partial charge in [-0.3, -0.25) is 4.79 Å². The molecule has 1 aliphatic rings. The molecule has 1 fully saturated rings. The first-order chi connectivity index (χ1) is 11.1. The molecule has 3 N–H and O–H groups in total. The normalized spacial score (nSPS) is 21.4. The third kappa shape index (κ3) is 4.00. The van der Waals surface area contributed by atoms with Gasteiger partial charge in [-0.1, -0.05) is 12.8 Å². The highest BCUT2D eigenvalue weighted by atomic mass is 32.1. The summed E-state index contributed by atoms with van der Waals surface area (Å²) >= 11 is 4.94. The fraction of sp³-hybridized carbons (Fsp3) is 0.529. The third-order valence-electron chi connectivity index (χ3n) is 4.59. The largest absolute Gasteiger partial charge is 0.429 e. The van der Waals surface area contributed by atoms with E-state index < -0.39 is 0 Å². The number of aliphatic hydroxyl groups is 1. The van der Waals surface area contributed by atoms with Gasteiger partial charge in [0.2, 0.25) is 0 Å². The fourth-order valence-electron chi connectivity index (χ4n) is 3.28. The van der Waals surface area contributed by atoms with E-state index in [0.717, 1.165) is 37.6 Å². The Hall–Kier alpha value is -1.66. The van der Waals surface area contributed by atoms with Gasteiger partial charge in [0.25, 0.3) is 10.7 Å². The zero-order valence-electron chi connectivity index (χ0n) is 13.0. The van der Waals surface area contributed by atoms with Crippen molar-refractivity contribution in [3.8, 4) is 0 Å². The number of carbonyl (C=O) groups is 1. The molecule has 1 saturated carbocycles. The number of nitrogens with one attached hydrogen (secondary N) is 2. The molecule has 1 amide bonds. The monoisotopic (exact) mass is 334 g/mol. The Balaban J connectivity index is 1.49. The second-order valence-electron chi connectivity index (χ2n) is 6.24. The second-order valence-corrected chi connectivity index (χ2v) is 6.61. The zero-order valence-corrected chi connectivity index (χ0v) is 13.8. The number of aliphatic hydroxyl groups excluding tert-OH is 1. The first kappa shape index (κ1) is 16.2. The molecule has 0 unspecified atom stereocenters. The Kier molecular flexibility index (Phi) is 5.13. The summed E-state index contributed by atoms with van der Waals surface area (Å²) in [5.74, 6) is 0.277. The SMILES string of the molecule is O=C(NCCC[C@@H]1CCCC[C@H]1O)c1ccc2[nH]c(=S)oc2c1. The van der Waals surface area contributed by atoms with E-state index in [9.17, 15) is 9.90 Å². The highest BCUT2D eigenvalue weighted by Crippen LogP contribution is 2.27. The standard InChI is InChI=1S/C17H22N2O3S/c20-14-6-2-1-4-11(14)5-3-9-18-16(21)12-7-8-13-15(10-12)22-17(23)19-13/h7-8,10-11,14,20H,1-6,9H2,(H,18,21)(H,19,23)/t11-,14+/m0/s1. The van der Waals surface area contributed by atoms with E-state index in [-0.39, 0.29) is 12.0 Å². The predicted octanol–water partition coefficient (Wildman–Crippen LogP) is 3.55. The maximum atomic E-state index is 12.2. The molecule has 1 aromatic heterocycles. The lowest BCUT2D eigenvalue weighted by Crippen LogP contribution is -2.27. The first-order valence-electron chi connectivity index (χ1n) is 8.22. The summed E-state index contributed by atoms with van der Waals surface area (Å²) in [6, 6.07) is 5.24. The number of hydrogen-bond donors (Lipinski definition) is 3. The van der Waals surface area contributed by atoms with Crippen LogP contribution in [0, 0.1) is 10.8 Å². The van der Waals surface area contributed by atoms with Crippen LogP contribution in [0.1, 0.15) is 48.9 Å². The number of hydrogen-bond acceptors (Lipinski definition) is 4. The molecule has 124 valence electrons. The summed E-state index contributed by atoms with van der Waals surface area (Å²) in [7, 11) is 0. The maximum Gasteiger partial charge on any atom is 0.266 e. The van der Waals surface area contributed by atoms with Gasteiger partial charge in [-0.15, -0.1) is 0 Å². The Morgan fingerprint density at radius 2 is 2.22 bits per heavy atom. The van der Waals surface area contributed by atoms with Crippen molar-refractivity contribution < 1.29 is 14.3 Å². The van der Waals surface area contributed by atoms with Crippen LogP contribution < -0.4 is 5.32 Å². The van der Waals surface area contributed by atoms with Gasteiger partial charge in [-0.25, -0.2) is 0 Å². The van der Waals surface area contributed by atoms with Crippen LogP contribution in [0.2, 0.25) is 0 Å². The quantitative estimate of drug-likeness (QED) is 0.577. The predicted molar refractivity (Wildman–Crippen MR) is 90.9 cm³/mol. The van der Waals surface area contributed by atoms with Gasteiger partial charge >= 0.3 is 0 Å². The molecule has 0 spiro atoms. The molecule has 0 aliphatic heterocycles. The molecular formula is C17H22N2O3S. The van der Waals surface area contributed by atoms with Crippen molar-refractivity contribution >= 4 is 29.2 Å². The molecule has 1 aromatic carbocycles. The molecule has 5 nitrogen and oxygen atoms in total. The highest BCUT2D eigenvalue weighted by molar-refractivity contribution is 7.71. The number of oxazole rings is 1. The summed E-state index contributed by atoms with van der Waals surface area (Å²) < 4.78 is 5.33. The first-order valence-corrected chi connectivity index (χ1v) is 8.63. The zero-order chi connectivity index (χ0) is 16.2. The van der Waals surface area contributed by atoms with Crippen molar-refractivity contribution in [3.63, 3.8) is 0 Å². The number of benzene rings is 1. The minimum atomic E-state index is -0.162. The topological polar surface area (TPSA) is 78.3 Å². The minimum Gasteiger partial charge on any atom is -0.429 e. The average molecular weight is 334 g/mol. The molecule has 2 aromatic rings. The van der Waals surface area contributed by atoms with Crippen LogP contribution >= 0.6 is 12.2 Å².